The number of allylic oxidation sites excluding steroid dienone is 1. The summed E-state index contributed by atoms with van der Waals surface area (Å²) in [7, 11) is 1.44. The van der Waals surface area contributed by atoms with Crippen molar-refractivity contribution in [3.05, 3.63) is 41.5 Å². The molecule has 5 heteroatoms. The van der Waals surface area contributed by atoms with Crippen molar-refractivity contribution >= 4 is 17.4 Å². The van der Waals surface area contributed by atoms with Gasteiger partial charge in [-0.25, -0.2) is 0 Å². The Morgan fingerprint density at radius 3 is 3.00 bits per heavy atom. The van der Waals surface area contributed by atoms with Crippen molar-refractivity contribution in [2.75, 3.05) is 26.8 Å². The average molecular weight is 352 g/mol. The lowest BCUT2D eigenvalue weighted by atomic mass is 9.43. The van der Waals surface area contributed by atoms with E-state index in [4.69, 9.17) is 9.73 Å². The second-order valence-electron chi connectivity index (χ2n) is 7.93. The fourth-order valence-corrected chi connectivity index (χ4v) is 6.33. The number of nitrogens with zero attached hydrogens (tertiary/aromatic N) is 2. The third kappa shape index (κ3) is 1.56. The van der Waals surface area contributed by atoms with Crippen LogP contribution in [0, 0.1) is 11.3 Å². The number of benzene rings is 1. The number of aliphatic hydroxyl groups is 1. The molecule has 1 aliphatic carbocycles. The number of ether oxygens (including phenoxy) is 1. The predicted octanol–water partition coefficient (Wildman–Crippen LogP) is 2.22. The van der Waals surface area contributed by atoms with E-state index in [0.717, 1.165) is 42.9 Å². The summed E-state index contributed by atoms with van der Waals surface area (Å²) in [6.45, 7) is 3.56. The molecular weight excluding hydrogens is 328 g/mol. The number of aliphatic imine (C=N–C) groups is 1. The molecule has 3 bridgehead atoms. The Morgan fingerprint density at radius 2 is 2.27 bits per heavy atom. The molecule has 1 aromatic carbocycles. The van der Waals surface area contributed by atoms with E-state index in [0.29, 0.717) is 0 Å². The topological polar surface area (TPSA) is 62.1 Å². The maximum atomic E-state index is 13.3. The van der Waals surface area contributed by atoms with Crippen LogP contribution in [0.3, 0.4) is 0 Å². The zero-order chi connectivity index (χ0) is 18.1. The van der Waals surface area contributed by atoms with Gasteiger partial charge in [0.25, 0.3) is 0 Å². The van der Waals surface area contributed by atoms with Crippen LogP contribution in [0.1, 0.15) is 25.3 Å². The fourth-order valence-electron chi connectivity index (χ4n) is 6.33. The molecule has 5 rings (SSSR count). The second kappa shape index (κ2) is 5.27. The largest absolute Gasteiger partial charge is 0.468 e. The highest BCUT2D eigenvalue weighted by Gasteiger charge is 2.73. The minimum atomic E-state index is -1.00. The molecule has 4 aliphatic rings. The minimum absolute atomic E-state index is 0.0170. The van der Waals surface area contributed by atoms with Gasteiger partial charge in [0.05, 0.1) is 30.9 Å². The summed E-state index contributed by atoms with van der Waals surface area (Å²) in [5.41, 5.74) is 2.77. The van der Waals surface area contributed by atoms with Crippen molar-refractivity contribution in [1.82, 2.24) is 4.90 Å². The number of hydrogen-bond donors (Lipinski definition) is 1. The van der Waals surface area contributed by atoms with Crippen LogP contribution in [0.4, 0.5) is 5.69 Å². The molecule has 2 saturated heterocycles. The van der Waals surface area contributed by atoms with Gasteiger partial charge in [-0.1, -0.05) is 29.8 Å². The molecule has 0 radical (unpaired) electrons. The Bertz CT molecular complexity index is 861. The van der Waals surface area contributed by atoms with Crippen LogP contribution in [0.15, 0.2) is 40.9 Å². The van der Waals surface area contributed by atoms with Gasteiger partial charge in [-0.2, -0.15) is 0 Å². The summed E-state index contributed by atoms with van der Waals surface area (Å²) >= 11 is 0. The van der Waals surface area contributed by atoms with E-state index in [1.165, 1.54) is 12.7 Å². The van der Waals surface area contributed by atoms with Crippen molar-refractivity contribution in [3.63, 3.8) is 0 Å². The molecule has 1 saturated carbocycles. The third-order valence-electron chi connectivity index (χ3n) is 7.39. The van der Waals surface area contributed by atoms with Gasteiger partial charge >= 0.3 is 5.97 Å². The summed E-state index contributed by atoms with van der Waals surface area (Å²) in [5.74, 6) is -0.320. The molecule has 1 N–H and O–H groups in total. The maximum absolute atomic E-state index is 13.3. The molecule has 4 unspecified atom stereocenters. The number of piperidine rings is 2. The van der Waals surface area contributed by atoms with Gasteiger partial charge in [0.2, 0.25) is 0 Å². The SMILES string of the molecule is C/C=C1/CN2CCC34C(=Nc5ccccc53)C2CC1C4(CO)C(=O)OC. The number of methoxy groups -OCH3 is 1. The minimum Gasteiger partial charge on any atom is -0.468 e. The number of carbonyl (C=O) groups excluding carboxylic acids is 1. The summed E-state index contributed by atoms with van der Waals surface area (Å²) in [6.07, 6.45) is 3.75. The van der Waals surface area contributed by atoms with Crippen molar-refractivity contribution in [1.29, 1.82) is 0 Å². The van der Waals surface area contributed by atoms with Crippen molar-refractivity contribution in [2.24, 2.45) is 16.3 Å². The van der Waals surface area contributed by atoms with Gasteiger partial charge in [-0.05, 0) is 31.4 Å². The van der Waals surface area contributed by atoms with Crippen LogP contribution in [0.25, 0.3) is 0 Å². The zero-order valence-electron chi connectivity index (χ0n) is 15.2. The summed E-state index contributed by atoms with van der Waals surface area (Å²) < 4.78 is 5.34. The molecular formula is C21H24N2O3. The maximum Gasteiger partial charge on any atom is 0.316 e. The molecule has 0 spiro atoms. The summed E-state index contributed by atoms with van der Waals surface area (Å²) in [4.78, 5) is 20.8. The molecule has 3 fully saturated rings. The number of esters is 1. The number of rotatable bonds is 2. The molecule has 26 heavy (non-hydrogen) atoms. The number of para-hydroxylation sites is 1. The van der Waals surface area contributed by atoms with Gasteiger partial charge in [0.15, 0.2) is 0 Å². The first-order valence-corrected chi connectivity index (χ1v) is 9.41. The normalized spacial score (nSPS) is 38.7. The van der Waals surface area contributed by atoms with Crippen molar-refractivity contribution < 1.29 is 14.6 Å². The van der Waals surface area contributed by atoms with Crippen LogP contribution in [0.2, 0.25) is 0 Å². The van der Waals surface area contributed by atoms with Gasteiger partial charge in [0, 0.05) is 24.7 Å². The lowest BCUT2D eigenvalue weighted by Crippen LogP contribution is -2.74. The van der Waals surface area contributed by atoms with Crippen molar-refractivity contribution in [3.8, 4) is 0 Å². The van der Waals surface area contributed by atoms with Crippen LogP contribution < -0.4 is 0 Å². The van der Waals surface area contributed by atoms with E-state index in [9.17, 15) is 9.90 Å². The molecule has 5 nitrogen and oxygen atoms in total. The summed E-state index contributed by atoms with van der Waals surface area (Å²) in [5, 5.41) is 10.8. The summed E-state index contributed by atoms with van der Waals surface area (Å²) in [6, 6.07) is 8.36. The van der Waals surface area contributed by atoms with Crippen LogP contribution in [-0.4, -0.2) is 54.5 Å². The molecule has 4 atom stereocenters. The van der Waals surface area contributed by atoms with E-state index in [1.807, 2.05) is 25.1 Å². The highest BCUT2D eigenvalue weighted by molar-refractivity contribution is 6.11. The number of carbonyl (C=O) groups is 1. The van der Waals surface area contributed by atoms with Gasteiger partial charge in [-0.15, -0.1) is 0 Å². The smallest absolute Gasteiger partial charge is 0.316 e. The Kier molecular flexibility index (Phi) is 3.29. The molecule has 3 aliphatic heterocycles. The van der Waals surface area contributed by atoms with Crippen LogP contribution >= 0.6 is 0 Å². The predicted molar refractivity (Wildman–Crippen MR) is 98.6 cm³/mol. The Labute approximate surface area is 153 Å². The molecule has 0 aromatic heterocycles. The lowest BCUT2D eigenvalue weighted by Gasteiger charge is -2.64. The molecule has 3 heterocycles. The first-order valence-electron chi connectivity index (χ1n) is 9.41. The molecule has 1 aromatic rings. The Morgan fingerprint density at radius 1 is 1.46 bits per heavy atom. The van der Waals surface area contributed by atoms with E-state index < -0.39 is 10.8 Å². The zero-order valence-corrected chi connectivity index (χ0v) is 15.2. The Hall–Kier alpha value is -1.98. The average Bonchev–Trinajstić information content (AvgIpc) is 3.04. The monoisotopic (exact) mass is 352 g/mol. The number of fused-ring (bicyclic) bond motifs is 2. The third-order valence-corrected chi connectivity index (χ3v) is 7.39. The van der Waals surface area contributed by atoms with Gasteiger partial charge in [-0.3, -0.25) is 14.7 Å². The van der Waals surface area contributed by atoms with Crippen molar-refractivity contribution in [2.45, 2.75) is 31.2 Å². The second-order valence-corrected chi connectivity index (χ2v) is 7.93. The first-order chi connectivity index (χ1) is 12.6. The quantitative estimate of drug-likeness (QED) is 0.655. The standard InChI is InChI=1S/C21H24N2O3/c1-3-13-11-23-9-8-20-14-6-4-5-7-16(14)22-18(20)17(23)10-15(13)21(20,12-24)19(25)26-2/h3-7,15,17,24H,8-12H2,1-2H3/b13-3-. The number of hydrogen-bond acceptors (Lipinski definition) is 5. The van der Waals surface area contributed by atoms with E-state index in [2.05, 4.69) is 17.0 Å². The highest BCUT2D eigenvalue weighted by atomic mass is 16.5. The number of aliphatic hydroxyl groups excluding tert-OH is 1. The van der Waals surface area contributed by atoms with Gasteiger partial charge in [0.1, 0.15) is 5.41 Å². The van der Waals surface area contributed by atoms with E-state index >= 15 is 0 Å². The molecule has 136 valence electrons. The molecule has 0 amide bonds. The fraction of sp³-hybridized carbons (Fsp3) is 0.524. The van der Waals surface area contributed by atoms with E-state index in [1.54, 1.807) is 0 Å². The highest BCUT2D eigenvalue weighted by Crippen LogP contribution is 2.65. The van der Waals surface area contributed by atoms with Crippen LogP contribution in [-0.2, 0) is 14.9 Å². The lowest BCUT2D eigenvalue weighted by molar-refractivity contribution is -0.170. The van der Waals surface area contributed by atoms with Crippen LogP contribution in [0.5, 0.6) is 0 Å². The Balaban J connectivity index is 1.87. The first kappa shape index (κ1) is 16.2. The van der Waals surface area contributed by atoms with Gasteiger partial charge < -0.3 is 9.84 Å². The van der Waals surface area contributed by atoms with E-state index in [-0.39, 0.29) is 24.5 Å².